The third kappa shape index (κ3) is 2.43. The summed E-state index contributed by atoms with van der Waals surface area (Å²) in [6.45, 7) is 1.70. The van der Waals surface area contributed by atoms with E-state index in [-0.39, 0.29) is 0 Å². The Morgan fingerprint density at radius 2 is 2.00 bits per heavy atom. The molecule has 1 aromatic rings. The fraction of sp³-hybridized carbons (Fsp3) is 0.222. The van der Waals surface area contributed by atoms with Gasteiger partial charge < -0.3 is 0 Å². The van der Waals surface area contributed by atoms with E-state index in [4.69, 9.17) is 30.0 Å². The molecule has 0 N–H and O–H groups in total. The van der Waals surface area contributed by atoms with Crippen LogP contribution in [0.3, 0.4) is 0 Å². The van der Waals surface area contributed by atoms with Crippen molar-refractivity contribution in [2.75, 3.05) is 6.26 Å². The average Bonchev–Trinajstić information content (AvgIpc) is 2.13. The molecule has 2 rings (SSSR count). The number of nitrogens with zero attached hydrogens (tertiary/aromatic N) is 1. The number of halogens is 3. The number of hydrogen-bond donors (Lipinski definition) is 0. The molecule has 1 aliphatic heterocycles. The molecule has 0 amide bonds. The fourth-order valence-electron chi connectivity index (χ4n) is 1.41. The van der Waals surface area contributed by atoms with Gasteiger partial charge in [0.1, 0.15) is 0 Å². The predicted molar refractivity (Wildman–Crippen MR) is 75.0 cm³/mol. The summed E-state index contributed by atoms with van der Waals surface area (Å²) in [5.41, 5.74) is 0.716. The number of rotatable bonds is 1. The van der Waals surface area contributed by atoms with E-state index >= 15 is 0 Å². The van der Waals surface area contributed by atoms with Crippen LogP contribution in [0.15, 0.2) is 28.1 Å². The third-order valence-corrected chi connectivity index (χ3v) is 11.8. The van der Waals surface area contributed by atoms with Crippen molar-refractivity contribution >= 4 is 67.7 Å². The second kappa shape index (κ2) is 4.12. The van der Waals surface area contributed by atoms with Gasteiger partial charge in [0.25, 0.3) is 0 Å². The molecule has 0 aromatic heterocycles. The quantitative estimate of drug-likeness (QED) is 0.516. The third-order valence-electron chi connectivity index (χ3n) is 2.04. The van der Waals surface area contributed by atoms with Crippen LogP contribution in [0.5, 0.6) is 0 Å². The van der Waals surface area contributed by atoms with Crippen molar-refractivity contribution in [3.8, 4) is 0 Å². The number of hydrogen-bond acceptors (Lipinski definition) is 3. The Labute approximate surface area is 111 Å². The molecular formula is C9H9Cl3NOSTe. The zero-order chi connectivity index (χ0) is 12.0. The Morgan fingerprint density at radius 1 is 1.31 bits per heavy atom. The summed E-state index contributed by atoms with van der Waals surface area (Å²) in [7, 11) is 18.8. The van der Waals surface area contributed by atoms with Gasteiger partial charge in [-0.3, -0.25) is 0 Å². The van der Waals surface area contributed by atoms with Crippen LogP contribution in [-0.2, 0) is 3.10 Å². The molecule has 1 heterocycles. The SMILES string of the molecule is CSc1ccc2c(c1)N=C(C)O[Te]2(Cl)(Cl)Cl. The van der Waals surface area contributed by atoms with E-state index < -0.39 is 13.9 Å². The zero-order valence-corrected chi connectivity index (χ0v) is 14.0. The molecule has 0 atom stereocenters. The molecule has 2 nitrogen and oxygen atoms in total. The summed E-state index contributed by atoms with van der Waals surface area (Å²) in [5.74, 6) is 0.420. The van der Waals surface area contributed by atoms with E-state index in [1.165, 1.54) is 0 Å². The topological polar surface area (TPSA) is 21.6 Å². The van der Waals surface area contributed by atoms with Crippen LogP contribution in [0.25, 0.3) is 0 Å². The molecule has 16 heavy (non-hydrogen) atoms. The molecule has 7 heteroatoms. The first-order valence-electron chi connectivity index (χ1n) is 4.34. The molecule has 89 valence electrons. The van der Waals surface area contributed by atoms with E-state index in [2.05, 4.69) is 4.99 Å². The van der Waals surface area contributed by atoms with Gasteiger partial charge >= 0.3 is 112 Å². The van der Waals surface area contributed by atoms with Crippen LogP contribution in [-0.4, -0.2) is 26.0 Å². The molecular weight excluding hydrogens is 404 g/mol. The Kier molecular flexibility index (Phi) is 3.38. The molecule has 1 aromatic carbocycles. The predicted octanol–water partition coefficient (Wildman–Crippen LogP) is 3.80. The van der Waals surface area contributed by atoms with Crippen molar-refractivity contribution in [2.24, 2.45) is 4.99 Å². The van der Waals surface area contributed by atoms with Gasteiger partial charge in [0.2, 0.25) is 0 Å². The minimum atomic E-state index is -4.54. The number of fused-ring (bicyclic) bond motifs is 1. The summed E-state index contributed by atoms with van der Waals surface area (Å²) in [6.07, 6.45) is 1.99. The first-order chi connectivity index (χ1) is 7.30. The van der Waals surface area contributed by atoms with Gasteiger partial charge in [-0.15, -0.1) is 0 Å². The summed E-state index contributed by atoms with van der Waals surface area (Å²) in [6, 6.07) is 5.64. The van der Waals surface area contributed by atoms with E-state index in [9.17, 15) is 0 Å². The molecule has 0 saturated heterocycles. The minimum absolute atomic E-state index is 0.420. The molecule has 0 spiro atoms. The molecule has 0 fully saturated rings. The molecule has 1 radical (unpaired) electrons. The summed E-state index contributed by atoms with van der Waals surface area (Å²) >= 11 is -2.92. The van der Waals surface area contributed by atoms with Crippen molar-refractivity contribution in [3.63, 3.8) is 0 Å². The van der Waals surface area contributed by atoms with Gasteiger partial charge in [0.15, 0.2) is 0 Å². The van der Waals surface area contributed by atoms with Gasteiger partial charge in [0.05, 0.1) is 0 Å². The van der Waals surface area contributed by atoms with Crippen molar-refractivity contribution in [3.05, 3.63) is 18.2 Å². The van der Waals surface area contributed by atoms with Crippen molar-refractivity contribution in [2.45, 2.75) is 11.8 Å². The maximum absolute atomic E-state index is 6.26. The number of benzene rings is 1. The molecule has 0 saturated carbocycles. The van der Waals surface area contributed by atoms with Gasteiger partial charge in [-0.1, -0.05) is 0 Å². The maximum atomic E-state index is 6.26. The van der Waals surface area contributed by atoms with Crippen LogP contribution in [0.1, 0.15) is 6.92 Å². The first-order valence-corrected chi connectivity index (χ1v) is 16.5. The normalized spacial score (nSPS) is 23.3. The van der Waals surface area contributed by atoms with Crippen molar-refractivity contribution in [1.82, 2.24) is 0 Å². The van der Waals surface area contributed by atoms with Crippen LogP contribution >= 0.6 is 38.7 Å². The number of thioether (sulfide) groups is 1. The first kappa shape index (κ1) is 13.1. The second-order valence-corrected chi connectivity index (χ2v) is 24.7. The van der Waals surface area contributed by atoms with Crippen LogP contribution in [0, 0.1) is 0 Å². The Bertz CT molecular complexity index is 483. The van der Waals surface area contributed by atoms with Crippen LogP contribution in [0.4, 0.5) is 5.69 Å². The molecule has 0 bridgehead atoms. The summed E-state index contributed by atoms with van der Waals surface area (Å²) in [5, 5.41) is 0. The molecule has 0 unspecified atom stereocenters. The van der Waals surface area contributed by atoms with Gasteiger partial charge in [-0.05, 0) is 0 Å². The standard InChI is InChI=1S/C9H9Cl3NOSTe/c1-6-13-8-5-7(15-2)3-4-9(8)16(10,11,12)14-6/h3-5H,1-2H3. The van der Waals surface area contributed by atoms with Gasteiger partial charge in [0, 0.05) is 0 Å². The van der Waals surface area contributed by atoms with Crippen LogP contribution in [0.2, 0.25) is 0 Å². The number of aliphatic imine (C=N–C) groups is 1. The van der Waals surface area contributed by atoms with E-state index in [0.717, 1.165) is 4.90 Å². The summed E-state index contributed by atoms with van der Waals surface area (Å²) < 4.78 is 6.03. The van der Waals surface area contributed by atoms with Crippen molar-refractivity contribution < 1.29 is 3.10 Å². The van der Waals surface area contributed by atoms with E-state index in [1.54, 1.807) is 18.7 Å². The Balaban J connectivity index is 2.67. The molecule has 0 aliphatic carbocycles. The van der Waals surface area contributed by atoms with E-state index in [0.29, 0.717) is 15.2 Å². The van der Waals surface area contributed by atoms with Gasteiger partial charge in [-0.2, -0.15) is 0 Å². The second-order valence-electron chi connectivity index (χ2n) is 3.23. The van der Waals surface area contributed by atoms with Crippen molar-refractivity contribution in [1.29, 1.82) is 0 Å². The fourth-order valence-corrected chi connectivity index (χ4v) is 9.80. The van der Waals surface area contributed by atoms with Crippen LogP contribution < -0.4 is 3.61 Å². The zero-order valence-electron chi connectivity index (χ0n) is 8.54. The Hall–Kier alpha value is 0.700. The average molecular weight is 413 g/mol. The van der Waals surface area contributed by atoms with Gasteiger partial charge in [-0.25, -0.2) is 0 Å². The Morgan fingerprint density at radius 3 is 2.62 bits per heavy atom. The molecule has 1 aliphatic rings. The summed E-state index contributed by atoms with van der Waals surface area (Å²) in [4.78, 5) is 5.36. The van der Waals surface area contributed by atoms with E-state index in [1.807, 2.05) is 24.5 Å². The monoisotopic (exact) mass is 414 g/mol.